The average molecular weight is 208 g/mol. The Morgan fingerprint density at radius 1 is 1.36 bits per heavy atom. The van der Waals surface area contributed by atoms with Crippen LogP contribution in [0.15, 0.2) is 30.3 Å². The van der Waals surface area contributed by atoms with Gasteiger partial charge in [-0.2, -0.15) is 0 Å². The topological polar surface area (TPSA) is 41.1 Å². The van der Waals surface area contributed by atoms with E-state index in [0.717, 1.165) is 0 Å². The molecule has 4 heteroatoms. The maximum absolute atomic E-state index is 11.5. The molecule has 0 atom stereocenters. The molecular formula is C10H12N2OS. The molecule has 0 aromatic heterocycles. The number of carbonyl (C=O) groups is 1. The molecule has 2 N–H and O–H groups in total. The lowest BCUT2D eigenvalue weighted by atomic mass is 10.2. The van der Waals surface area contributed by atoms with Gasteiger partial charge < -0.3 is 5.32 Å². The fourth-order valence-corrected chi connectivity index (χ4v) is 1.21. The summed E-state index contributed by atoms with van der Waals surface area (Å²) in [6.07, 6.45) is 0. The molecule has 0 radical (unpaired) electrons. The van der Waals surface area contributed by atoms with Gasteiger partial charge in [-0.05, 0) is 31.3 Å². The van der Waals surface area contributed by atoms with Gasteiger partial charge in [-0.3, -0.25) is 10.1 Å². The molecule has 0 aliphatic rings. The first kappa shape index (κ1) is 10.7. The number of benzene rings is 1. The van der Waals surface area contributed by atoms with Gasteiger partial charge in [0.2, 0.25) is 0 Å². The van der Waals surface area contributed by atoms with Crippen molar-refractivity contribution in [3.63, 3.8) is 0 Å². The summed E-state index contributed by atoms with van der Waals surface area (Å²) in [5, 5.41) is 5.79. The van der Waals surface area contributed by atoms with Gasteiger partial charge in [0, 0.05) is 12.1 Å². The largest absolute Gasteiger partial charge is 0.363 e. The summed E-state index contributed by atoms with van der Waals surface area (Å²) in [4.78, 5) is 11.5. The molecule has 0 heterocycles. The van der Waals surface area contributed by atoms with E-state index in [2.05, 4.69) is 10.6 Å². The highest BCUT2D eigenvalue weighted by molar-refractivity contribution is 7.80. The van der Waals surface area contributed by atoms with Crippen LogP contribution in [0.4, 0.5) is 0 Å². The minimum Gasteiger partial charge on any atom is -0.363 e. The summed E-state index contributed by atoms with van der Waals surface area (Å²) in [6.45, 7) is 2.62. The number of nitrogens with one attached hydrogen (secondary N) is 2. The third-order valence-corrected chi connectivity index (χ3v) is 1.85. The maximum Gasteiger partial charge on any atom is 0.257 e. The van der Waals surface area contributed by atoms with Crippen molar-refractivity contribution in [1.82, 2.24) is 10.6 Å². The Labute approximate surface area is 88.5 Å². The third-order valence-electron chi connectivity index (χ3n) is 1.60. The summed E-state index contributed by atoms with van der Waals surface area (Å²) >= 11 is 4.89. The Hall–Kier alpha value is -1.42. The van der Waals surface area contributed by atoms with Gasteiger partial charge in [0.1, 0.15) is 0 Å². The molecule has 0 saturated heterocycles. The monoisotopic (exact) mass is 208 g/mol. The van der Waals surface area contributed by atoms with E-state index in [-0.39, 0.29) is 5.91 Å². The van der Waals surface area contributed by atoms with Crippen molar-refractivity contribution in [1.29, 1.82) is 0 Å². The second-order valence-electron chi connectivity index (χ2n) is 2.68. The SMILES string of the molecule is CCNC(=S)NC(=O)c1ccccc1. The predicted molar refractivity (Wildman–Crippen MR) is 60.2 cm³/mol. The van der Waals surface area contributed by atoms with Gasteiger partial charge >= 0.3 is 0 Å². The van der Waals surface area contributed by atoms with Crippen molar-refractivity contribution in [2.75, 3.05) is 6.54 Å². The van der Waals surface area contributed by atoms with Crippen LogP contribution in [0.25, 0.3) is 0 Å². The van der Waals surface area contributed by atoms with Gasteiger partial charge in [-0.25, -0.2) is 0 Å². The predicted octanol–water partition coefficient (Wildman–Crippen LogP) is 1.31. The van der Waals surface area contributed by atoms with E-state index in [1.54, 1.807) is 12.1 Å². The van der Waals surface area contributed by atoms with Crippen molar-refractivity contribution in [2.45, 2.75) is 6.92 Å². The number of rotatable bonds is 2. The molecule has 0 unspecified atom stereocenters. The molecule has 1 rings (SSSR count). The molecule has 0 aliphatic carbocycles. The zero-order valence-electron chi connectivity index (χ0n) is 7.91. The van der Waals surface area contributed by atoms with Gasteiger partial charge in [0.05, 0.1) is 0 Å². The van der Waals surface area contributed by atoms with Crippen molar-refractivity contribution in [3.8, 4) is 0 Å². The molecule has 0 spiro atoms. The van der Waals surface area contributed by atoms with Crippen LogP contribution in [0, 0.1) is 0 Å². The minimum absolute atomic E-state index is 0.184. The highest BCUT2D eigenvalue weighted by Gasteiger charge is 2.05. The summed E-state index contributed by atoms with van der Waals surface area (Å²) in [6, 6.07) is 8.96. The van der Waals surface area contributed by atoms with Crippen LogP contribution in [0.5, 0.6) is 0 Å². The van der Waals surface area contributed by atoms with Gasteiger partial charge in [0.15, 0.2) is 5.11 Å². The summed E-state index contributed by atoms with van der Waals surface area (Å²) in [7, 11) is 0. The first-order valence-corrected chi connectivity index (χ1v) is 4.79. The van der Waals surface area contributed by atoms with E-state index in [9.17, 15) is 4.79 Å². The van der Waals surface area contributed by atoms with Crippen molar-refractivity contribution >= 4 is 23.2 Å². The van der Waals surface area contributed by atoms with E-state index in [1.807, 2.05) is 25.1 Å². The van der Waals surface area contributed by atoms with E-state index >= 15 is 0 Å². The van der Waals surface area contributed by atoms with Gasteiger partial charge in [-0.1, -0.05) is 18.2 Å². The summed E-state index contributed by atoms with van der Waals surface area (Å²) in [5.41, 5.74) is 0.604. The molecule has 3 nitrogen and oxygen atoms in total. The van der Waals surface area contributed by atoms with Crippen LogP contribution in [-0.4, -0.2) is 17.6 Å². The van der Waals surface area contributed by atoms with Crippen molar-refractivity contribution in [2.24, 2.45) is 0 Å². The van der Waals surface area contributed by atoms with E-state index in [4.69, 9.17) is 12.2 Å². The van der Waals surface area contributed by atoms with E-state index in [0.29, 0.717) is 17.2 Å². The van der Waals surface area contributed by atoms with Gasteiger partial charge in [-0.15, -0.1) is 0 Å². The fourth-order valence-electron chi connectivity index (χ4n) is 0.970. The minimum atomic E-state index is -0.184. The normalized spacial score (nSPS) is 9.21. The number of carbonyl (C=O) groups excluding carboxylic acids is 1. The molecule has 1 amide bonds. The molecule has 74 valence electrons. The number of hydrogen-bond donors (Lipinski definition) is 2. The lowest BCUT2D eigenvalue weighted by Gasteiger charge is -2.06. The Morgan fingerprint density at radius 2 is 2.00 bits per heavy atom. The van der Waals surface area contributed by atoms with Crippen LogP contribution in [0.1, 0.15) is 17.3 Å². The molecule has 0 bridgehead atoms. The zero-order chi connectivity index (χ0) is 10.4. The fraction of sp³-hybridized carbons (Fsp3) is 0.200. The van der Waals surface area contributed by atoms with Gasteiger partial charge in [0.25, 0.3) is 5.91 Å². The lowest BCUT2D eigenvalue weighted by Crippen LogP contribution is -2.38. The Balaban J connectivity index is 2.55. The average Bonchev–Trinajstić information content (AvgIpc) is 2.19. The third kappa shape index (κ3) is 3.14. The lowest BCUT2D eigenvalue weighted by molar-refractivity contribution is 0.0977. The van der Waals surface area contributed by atoms with Crippen molar-refractivity contribution in [3.05, 3.63) is 35.9 Å². The summed E-state index contributed by atoms with van der Waals surface area (Å²) < 4.78 is 0. The first-order chi connectivity index (χ1) is 6.74. The van der Waals surface area contributed by atoms with Crippen LogP contribution < -0.4 is 10.6 Å². The first-order valence-electron chi connectivity index (χ1n) is 4.38. The molecule has 1 aromatic rings. The molecular weight excluding hydrogens is 196 g/mol. The van der Waals surface area contributed by atoms with Crippen LogP contribution >= 0.6 is 12.2 Å². The van der Waals surface area contributed by atoms with E-state index < -0.39 is 0 Å². The quantitative estimate of drug-likeness (QED) is 0.720. The molecule has 1 aromatic carbocycles. The smallest absolute Gasteiger partial charge is 0.257 e. The molecule has 0 aliphatic heterocycles. The molecule has 14 heavy (non-hydrogen) atoms. The Bertz CT molecular complexity index is 324. The number of hydrogen-bond acceptors (Lipinski definition) is 2. The zero-order valence-corrected chi connectivity index (χ0v) is 8.73. The molecule has 0 saturated carbocycles. The standard InChI is InChI=1S/C10H12N2OS/c1-2-11-10(14)12-9(13)8-6-4-3-5-7-8/h3-7H,2H2,1H3,(H2,11,12,13,14). The van der Waals surface area contributed by atoms with Crippen LogP contribution in [0.2, 0.25) is 0 Å². The Morgan fingerprint density at radius 3 is 2.57 bits per heavy atom. The highest BCUT2D eigenvalue weighted by atomic mass is 32.1. The number of thiocarbonyl (C=S) groups is 1. The second-order valence-corrected chi connectivity index (χ2v) is 3.09. The number of amides is 1. The maximum atomic E-state index is 11.5. The summed E-state index contributed by atoms with van der Waals surface area (Å²) in [5.74, 6) is -0.184. The molecule has 0 fully saturated rings. The van der Waals surface area contributed by atoms with E-state index in [1.165, 1.54) is 0 Å². The second kappa shape index (κ2) is 5.34. The van der Waals surface area contributed by atoms with Crippen molar-refractivity contribution < 1.29 is 4.79 Å². The van der Waals surface area contributed by atoms with Crippen LogP contribution in [-0.2, 0) is 0 Å². The Kier molecular flexibility index (Phi) is 4.07. The van der Waals surface area contributed by atoms with Crippen LogP contribution in [0.3, 0.4) is 0 Å². The highest BCUT2D eigenvalue weighted by Crippen LogP contribution is 1.97.